The van der Waals surface area contributed by atoms with E-state index in [0.29, 0.717) is 54.3 Å². The van der Waals surface area contributed by atoms with E-state index >= 15 is 0 Å². The fraction of sp³-hybridized carbons (Fsp3) is 0.500. The molecule has 2 heterocycles. The minimum atomic E-state index is -4.99. The Balaban J connectivity index is 1.50. The lowest BCUT2D eigenvalue weighted by atomic mass is 9.68. The molecular formula is C30H30F7NO3S. The number of allylic oxidation sites excluding steroid dienone is 1. The molecular weight excluding hydrogens is 587 g/mol. The molecule has 228 valence electrons. The third kappa shape index (κ3) is 6.21. The largest absolute Gasteiger partial charge is 0.416 e. The van der Waals surface area contributed by atoms with E-state index in [4.69, 9.17) is 4.74 Å². The number of hydrogen-bond donors (Lipinski definition) is 1. The highest BCUT2D eigenvalue weighted by Crippen LogP contribution is 2.51. The Hall–Kier alpha value is -2.57. The first-order valence-corrected chi connectivity index (χ1v) is 14.8. The molecule has 12 heteroatoms. The normalized spacial score (nSPS) is 27.6. The van der Waals surface area contributed by atoms with Crippen molar-refractivity contribution in [2.75, 3.05) is 18.1 Å². The number of likely N-dealkylation sites (tertiary alicyclic amines) is 1. The van der Waals surface area contributed by atoms with Crippen molar-refractivity contribution in [1.82, 2.24) is 4.90 Å². The molecule has 0 aromatic heterocycles. The van der Waals surface area contributed by atoms with Crippen LogP contribution in [0.3, 0.4) is 0 Å². The molecule has 2 aliphatic heterocycles. The van der Waals surface area contributed by atoms with Crippen LogP contribution in [0.15, 0.2) is 48.2 Å². The van der Waals surface area contributed by atoms with Gasteiger partial charge in [-0.2, -0.15) is 26.3 Å². The second-order valence-corrected chi connectivity index (χ2v) is 12.2. The van der Waals surface area contributed by atoms with Gasteiger partial charge in [-0.1, -0.05) is 6.07 Å². The average Bonchev–Trinajstić information content (AvgIpc) is 3.24. The van der Waals surface area contributed by atoms with Crippen LogP contribution < -0.4 is 0 Å². The van der Waals surface area contributed by atoms with Crippen molar-refractivity contribution >= 4 is 17.5 Å². The second kappa shape index (κ2) is 11.5. The molecule has 42 heavy (non-hydrogen) atoms. The molecule has 2 aromatic carbocycles. The van der Waals surface area contributed by atoms with Crippen LogP contribution in [0.5, 0.6) is 0 Å². The number of rotatable bonds is 5. The van der Waals surface area contributed by atoms with E-state index in [2.05, 4.69) is 0 Å². The van der Waals surface area contributed by atoms with Gasteiger partial charge in [0.15, 0.2) is 5.78 Å². The van der Waals surface area contributed by atoms with E-state index in [-0.39, 0.29) is 29.2 Å². The van der Waals surface area contributed by atoms with E-state index in [0.717, 1.165) is 5.56 Å². The fourth-order valence-electron chi connectivity index (χ4n) is 6.61. The zero-order chi connectivity index (χ0) is 30.6. The minimum Gasteiger partial charge on any atom is -0.373 e. The molecule has 2 aromatic rings. The van der Waals surface area contributed by atoms with Crippen LogP contribution in [-0.2, 0) is 21.9 Å². The average molecular weight is 618 g/mol. The molecule has 0 bridgehead atoms. The number of nitrogens with zero attached hydrogens (tertiary/aromatic N) is 1. The van der Waals surface area contributed by atoms with Gasteiger partial charge in [0.05, 0.1) is 29.1 Å². The van der Waals surface area contributed by atoms with E-state index in [9.17, 15) is 40.6 Å². The maximum absolute atomic E-state index is 14.1. The molecule has 0 spiro atoms. The number of thioether (sulfide) groups is 1. The van der Waals surface area contributed by atoms with Crippen molar-refractivity contribution in [2.45, 2.75) is 63.4 Å². The first-order valence-electron chi connectivity index (χ1n) is 13.6. The van der Waals surface area contributed by atoms with Crippen LogP contribution in [0.25, 0.3) is 0 Å². The Morgan fingerprint density at radius 1 is 0.976 bits per heavy atom. The molecule has 6 atom stereocenters. The molecule has 4 nitrogen and oxygen atoms in total. The summed E-state index contributed by atoms with van der Waals surface area (Å²) in [5.74, 6) is -0.495. The summed E-state index contributed by atoms with van der Waals surface area (Å²) in [6.45, 7) is 3.51. The molecule has 1 unspecified atom stereocenters. The van der Waals surface area contributed by atoms with Crippen molar-refractivity contribution in [1.29, 1.82) is 0 Å². The van der Waals surface area contributed by atoms with Gasteiger partial charge in [-0.25, -0.2) is 4.39 Å². The van der Waals surface area contributed by atoms with E-state index in [1.807, 2.05) is 0 Å². The Kier molecular flexibility index (Phi) is 8.45. The summed E-state index contributed by atoms with van der Waals surface area (Å²) in [5, 5.41) is 11.3. The quantitative estimate of drug-likeness (QED) is 0.358. The Bertz CT molecular complexity index is 1340. The maximum atomic E-state index is 14.1. The highest BCUT2D eigenvalue weighted by molar-refractivity contribution is 8.00. The second-order valence-electron chi connectivity index (χ2n) is 11.2. The summed E-state index contributed by atoms with van der Waals surface area (Å²) < 4.78 is 102. The lowest BCUT2D eigenvalue weighted by Gasteiger charge is -2.41. The molecule has 1 saturated heterocycles. The van der Waals surface area contributed by atoms with Gasteiger partial charge in [-0.05, 0) is 79.6 Å². The predicted molar refractivity (Wildman–Crippen MR) is 143 cm³/mol. The SMILES string of the molecule is Cc1cc(F)ccc1[C@H]1[C@@H]2CN(C3=CC(=O)CSC3)C(O)[C@H]2CC[C@@H]1O[C@H](C)c1cc(C(F)(F)F)cc(C(F)(F)F)c1. The first-order chi connectivity index (χ1) is 19.6. The third-order valence-electron chi connectivity index (χ3n) is 8.55. The van der Waals surface area contributed by atoms with Gasteiger partial charge in [0.2, 0.25) is 0 Å². The smallest absolute Gasteiger partial charge is 0.373 e. The van der Waals surface area contributed by atoms with Gasteiger partial charge < -0.3 is 14.7 Å². The number of ketones is 1. The molecule has 0 amide bonds. The van der Waals surface area contributed by atoms with Crippen LogP contribution in [0, 0.1) is 24.6 Å². The molecule has 1 N–H and O–H groups in total. The van der Waals surface area contributed by atoms with Gasteiger partial charge in [-0.15, -0.1) is 11.8 Å². The molecule has 0 radical (unpaired) electrons. The number of carbonyl (C=O) groups excluding carboxylic acids is 1. The van der Waals surface area contributed by atoms with Gasteiger partial charge in [0.25, 0.3) is 0 Å². The lowest BCUT2D eigenvalue weighted by Crippen LogP contribution is -2.40. The number of benzene rings is 2. The number of aryl methyl sites for hydroxylation is 1. The van der Waals surface area contributed by atoms with Gasteiger partial charge >= 0.3 is 12.4 Å². The zero-order valence-electron chi connectivity index (χ0n) is 22.8. The Labute approximate surface area is 242 Å². The molecule has 5 rings (SSSR count). The number of aliphatic hydroxyl groups excluding tert-OH is 1. The van der Waals surface area contributed by atoms with Crippen molar-refractivity contribution in [3.8, 4) is 0 Å². The summed E-state index contributed by atoms with van der Waals surface area (Å²) >= 11 is 1.45. The minimum absolute atomic E-state index is 0.0522. The van der Waals surface area contributed by atoms with Gasteiger partial charge in [-0.3, -0.25) is 4.79 Å². The number of halogens is 7. The van der Waals surface area contributed by atoms with Crippen molar-refractivity contribution in [2.24, 2.45) is 11.8 Å². The van der Waals surface area contributed by atoms with Crippen LogP contribution in [0.2, 0.25) is 0 Å². The number of alkyl halides is 6. The van der Waals surface area contributed by atoms with Gasteiger partial charge in [0.1, 0.15) is 12.0 Å². The molecule has 3 aliphatic rings. The lowest BCUT2D eigenvalue weighted by molar-refractivity contribution is -0.143. The number of hydrogen-bond acceptors (Lipinski definition) is 5. The Morgan fingerprint density at radius 3 is 2.24 bits per heavy atom. The summed E-state index contributed by atoms with van der Waals surface area (Å²) in [6.07, 6.45) is -10.2. The van der Waals surface area contributed by atoms with E-state index < -0.39 is 53.7 Å². The Morgan fingerprint density at radius 2 is 1.64 bits per heavy atom. The summed E-state index contributed by atoms with van der Waals surface area (Å²) in [5.41, 5.74) is -1.02. The van der Waals surface area contributed by atoms with Crippen molar-refractivity contribution in [3.63, 3.8) is 0 Å². The molecule has 1 saturated carbocycles. The third-order valence-corrected chi connectivity index (χ3v) is 9.53. The monoisotopic (exact) mass is 617 g/mol. The number of fused-ring (bicyclic) bond motifs is 1. The number of aliphatic hydroxyl groups is 1. The van der Waals surface area contributed by atoms with E-state index in [1.165, 1.54) is 36.9 Å². The summed E-state index contributed by atoms with van der Waals surface area (Å²) in [7, 11) is 0. The molecule has 2 fully saturated rings. The van der Waals surface area contributed by atoms with Crippen molar-refractivity contribution < 1.29 is 45.4 Å². The van der Waals surface area contributed by atoms with Crippen LogP contribution in [0.1, 0.15) is 59.6 Å². The van der Waals surface area contributed by atoms with Crippen LogP contribution in [-0.4, -0.2) is 46.2 Å². The first kappa shape index (κ1) is 30.9. The van der Waals surface area contributed by atoms with Crippen LogP contribution in [0.4, 0.5) is 30.7 Å². The topological polar surface area (TPSA) is 49.8 Å². The van der Waals surface area contributed by atoms with Gasteiger partial charge in [0, 0.05) is 35.9 Å². The fourth-order valence-corrected chi connectivity index (χ4v) is 7.45. The maximum Gasteiger partial charge on any atom is 0.416 e. The highest BCUT2D eigenvalue weighted by Gasteiger charge is 2.51. The standard InChI is InChI=1S/C30H30F7NO3S/c1-15-7-20(31)3-4-23(15)27-25-12-38(21-11-22(39)14-42-13-21)28(40)24(25)5-6-26(27)41-16(2)17-8-18(29(32,33)34)10-19(9-17)30(35,36)37/h3-4,7-11,16,24-28,40H,5-6,12-14H2,1-2H3/t16-,24+,25-,26+,27+,28?/m1/s1. The number of carbonyl (C=O) groups is 1. The number of ether oxygens (including phenoxy) is 1. The van der Waals surface area contributed by atoms with Crippen LogP contribution >= 0.6 is 11.8 Å². The zero-order valence-corrected chi connectivity index (χ0v) is 23.6. The summed E-state index contributed by atoms with van der Waals surface area (Å²) in [4.78, 5) is 13.9. The van der Waals surface area contributed by atoms with Crippen molar-refractivity contribution in [3.05, 3.63) is 81.8 Å². The van der Waals surface area contributed by atoms with E-state index in [1.54, 1.807) is 17.9 Å². The predicted octanol–water partition coefficient (Wildman–Crippen LogP) is 7.26. The highest BCUT2D eigenvalue weighted by atomic mass is 32.2. The summed E-state index contributed by atoms with van der Waals surface area (Å²) in [6, 6.07) is 5.73. The molecule has 1 aliphatic carbocycles.